The van der Waals surface area contributed by atoms with Crippen molar-refractivity contribution in [1.82, 2.24) is 10.1 Å². The van der Waals surface area contributed by atoms with Gasteiger partial charge < -0.3 is 9.84 Å². The zero-order chi connectivity index (χ0) is 18.1. The number of rotatable bonds is 4. The molecule has 0 spiro atoms. The Kier molecular flexibility index (Phi) is 4.42. The van der Waals surface area contributed by atoms with Gasteiger partial charge in [0.05, 0.1) is 10.7 Å². The number of amides is 1. The fraction of sp³-hybridized carbons (Fsp3) is 0.211. The highest BCUT2D eigenvalue weighted by Crippen LogP contribution is 2.36. The molecule has 0 unspecified atom stereocenters. The average molecular weight is 372 g/mol. The van der Waals surface area contributed by atoms with E-state index in [1.54, 1.807) is 18.2 Å². The molecule has 1 fully saturated rings. The van der Waals surface area contributed by atoms with Gasteiger partial charge in [-0.25, -0.2) is 4.39 Å². The van der Waals surface area contributed by atoms with Gasteiger partial charge >= 0.3 is 0 Å². The smallest absolute Gasteiger partial charge is 0.255 e. The van der Waals surface area contributed by atoms with Crippen molar-refractivity contribution in [1.29, 1.82) is 0 Å². The lowest BCUT2D eigenvalue weighted by Gasteiger charge is -2.20. The molecule has 1 aliphatic carbocycles. The van der Waals surface area contributed by atoms with E-state index in [-0.39, 0.29) is 10.9 Å². The van der Waals surface area contributed by atoms with Crippen LogP contribution < -0.4 is 5.32 Å². The SMILES string of the molecule is O=C(Nc1ccc(F)cc1Cl)c1cccc(-c2noc(C3CCC3)n2)c1. The van der Waals surface area contributed by atoms with Crippen molar-refractivity contribution >= 4 is 23.2 Å². The maximum atomic E-state index is 13.1. The number of nitrogens with one attached hydrogen (secondary N) is 1. The third-order valence-electron chi connectivity index (χ3n) is 4.46. The average Bonchev–Trinajstić information content (AvgIpc) is 3.05. The van der Waals surface area contributed by atoms with E-state index in [4.69, 9.17) is 16.1 Å². The number of aromatic nitrogens is 2. The Morgan fingerprint density at radius 1 is 1.23 bits per heavy atom. The lowest BCUT2D eigenvalue weighted by Crippen LogP contribution is -2.12. The summed E-state index contributed by atoms with van der Waals surface area (Å²) < 4.78 is 18.4. The predicted molar refractivity (Wildman–Crippen MR) is 95.7 cm³/mol. The molecular weight excluding hydrogens is 357 g/mol. The van der Waals surface area contributed by atoms with Gasteiger partial charge in [0, 0.05) is 17.0 Å². The van der Waals surface area contributed by atoms with Crippen LogP contribution in [0.15, 0.2) is 47.0 Å². The monoisotopic (exact) mass is 371 g/mol. The van der Waals surface area contributed by atoms with Gasteiger partial charge in [0.2, 0.25) is 11.7 Å². The van der Waals surface area contributed by atoms with E-state index in [1.165, 1.54) is 18.6 Å². The van der Waals surface area contributed by atoms with Crippen molar-refractivity contribution < 1.29 is 13.7 Å². The number of nitrogens with zero attached hydrogens (tertiary/aromatic N) is 2. The molecule has 0 bridgehead atoms. The minimum atomic E-state index is -0.464. The highest BCUT2D eigenvalue weighted by Gasteiger charge is 2.25. The molecule has 2 aromatic carbocycles. The van der Waals surface area contributed by atoms with Crippen LogP contribution in [0.3, 0.4) is 0 Å². The standard InChI is InChI=1S/C19H15ClFN3O2/c20-15-10-14(21)7-8-16(15)22-18(25)13-6-2-5-12(9-13)17-23-19(26-24-17)11-3-1-4-11/h2,5-11H,1,3-4H2,(H,22,25). The maximum Gasteiger partial charge on any atom is 0.255 e. The second-order valence-corrected chi connectivity index (χ2v) is 6.65. The van der Waals surface area contributed by atoms with E-state index in [2.05, 4.69) is 15.5 Å². The molecule has 26 heavy (non-hydrogen) atoms. The van der Waals surface area contributed by atoms with Crippen LogP contribution in [0.2, 0.25) is 5.02 Å². The van der Waals surface area contributed by atoms with Crippen LogP contribution in [0.5, 0.6) is 0 Å². The molecule has 1 aliphatic rings. The fourth-order valence-electron chi connectivity index (χ4n) is 2.76. The second kappa shape index (κ2) is 6.88. The molecule has 1 saturated carbocycles. The van der Waals surface area contributed by atoms with Crippen molar-refractivity contribution in [2.75, 3.05) is 5.32 Å². The number of halogens is 2. The Balaban J connectivity index is 1.54. The molecule has 0 radical (unpaired) electrons. The molecule has 1 heterocycles. The summed E-state index contributed by atoms with van der Waals surface area (Å²) in [6, 6.07) is 10.7. The Morgan fingerprint density at radius 3 is 2.81 bits per heavy atom. The van der Waals surface area contributed by atoms with E-state index in [0.717, 1.165) is 18.9 Å². The highest BCUT2D eigenvalue weighted by molar-refractivity contribution is 6.33. The minimum Gasteiger partial charge on any atom is -0.339 e. The van der Waals surface area contributed by atoms with E-state index < -0.39 is 5.82 Å². The van der Waals surface area contributed by atoms with Crippen molar-refractivity contribution in [2.45, 2.75) is 25.2 Å². The summed E-state index contributed by atoms with van der Waals surface area (Å²) in [5.41, 5.74) is 1.45. The number of hydrogen-bond donors (Lipinski definition) is 1. The van der Waals surface area contributed by atoms with E-state index >= 15 is 0 Å². The molecule has 132 valence electrons. The first-order valence-corrected chi connectivity index (χ1v) is 8.68. The Morgan fingerprint density at radius 2 is 2.08 bits per heavy atom. The first-order chi connectivity index (χ1) is 12.6. The Labute approximate surface area is 154 Å². The number of carbonyl (C=O) groups excluding carboxylic acids is 1. The van der Waals surface area contributed by atoms with Gasteiger partial charge in [-0.1, -0.05) is 35.3 Å². The second-order valence-electron chi connectivity index (χ2n) is 6.24. The quantitative estimate of drug-likeness (QED) is 0.696. The Bertz CT molecular complexity index is 969. The van der Waals surface area contributed by atoms with Crippen molar-refractivity contribution in [2.24, 2.45) is 0 Å². The molecule has 1 N–H and O–H groups in total. The van der Waals surface area contributed by atoms with Crippen LogP contribution in [0.4, 0.5) is 10.1 Å². The van der Waals surface area contributed by atoms with Crippen LogP contribution >= 0.6 is 11.6 Å². The van der Waals surface area contributed by atoms with E-state index in [9.17, 15) is 9.18 Å². The first kappa shape index (κ1) is 16.7. The third-order valence-corrected chi connectivity index (χ3v) is 4.77. The molecule has 0 saturated heterocycles. The predicted octanol–water partition coefficient (Wildman–Crippen LogP) is 5.05. The first-order valence-electron chi connectivity index (χ1n) is 8.30. The normalized spacial score (nSPS) is 14.1. The minimum absolute atomic E-state index is 0.137. The molecule has 5 nitrogen and oxygen atoms in total. The number of benzene rings is 2. The third kappa shape index (κ3) is 3.32. The van der Waals surface area contributed by atoms with Gasteiger partial charge in [-0.3, -0.25) is 4.79 Å². The fourth-order valence-corrected chi connectivity index (χ4v) is 2.97. The maximum absolute atomic E-state index is 13.1. The topological polar surface area (TPSA) is 68.0 Å². The van der Waals surface area contributed by atoms with Crippen molar-refractivity contribution in [3.8, 4) is 11.4 Å². The van der Waals surface area contributed by atoms with E-state index in [1.807, 2.05) is 6.07 Å². The summed E-state index contributed by atoms with van der Waals surface area (Å²) in [6.45, 7) is 0. The summed E-state index contributed by atoms with van der Waals surface area (Å²) in [7, 11) is 0. The van der Waals surface area contributed by atoms with Crippen LogP contribution in [0, 0.1) is 5.82 Å². The van der Waals surface area contributed by atoms with Crippen LogP contribution in [-0.4, -0.2) is 16.0 Å². The molecule has 4 rings (SSSR count). The van der Waals surface area contributed by atoms with Gasteiger partial charge in [0.15, 0.2) is 0 Å². The molecule has 3 aromatic rings. The van der Waals surface area contributed by atoms with Crippen molar-refractivity contribution in [3.63, 3.8) is 0 Å². The van der Waals surface area contributed by atoms with Crippen LogP contribution in [0.1, 0.15) is 41.4 Å². The van der Waals surface area contributed by atoms with Gasteiger partial charge in [-0.15, -0.1) is 0 Å². The molecule has 7 heteroatoms. The zero-order valence-electron chi connectivity index (χ0n) is 13.7. The molecular formula is C19H15ClFN3O2. The molecule has 1 amide bonds. The highest BCUT2D eigenvalue weighted by atomic mass is 35.5. The van der Waals surface area contributed by atoms with Gasteiger partial charge in [-0.05, 0) is 43.2 Å². The van der Waals surface area contributed by atoms with Gasteiger partial charge in [0.25, 0.3) is 5.91 Å². The molecule has 1 aromatic heterocycles. The summed E-state index contributed by atoms with van der Waals surface area (Å²) in [4.78, 5) is 16.9. The summed E-state index contributed by atoms with van der Waals surface area (Å²) >= 11 is 5.95. The lowest BCUT2D eigenvalue weighted by molar-refractivity contribution is 0.102. The zero-order valence-corrected chi connectivity index (χ0v) is 14.5. The van der Waals surface area contributed by atoms with Gasteiger partial charge in [-0.2, -0.15) is 4.98 Å². The largest absolute Gasteiger partial charge is 0.339 e. The summed E-state index contributed by atoms with van der Waals surface area (Å²) in [6.07, 6.45) is 3.33. The number of hydrogen-bond acceptors (Lipinski definition) is 4. The Hall–Kier alpha value is -2.73. The van der Waals surface area contributed by atoms with Gasteiger partial charge in [0.1, 0.15) is 5.82 Å². The van der Waals surface area contributed by atoms with Crippen LogP contribution in [-0.2, 0) is 0 Å². The molecule has 0 aliphatic heterocycles. The number of carbonyl (C=O) groups is 1. The molecule has 0 atom stereocenters. The summed E-state index contributed by atoms with van der Waals surface area (Å²) in [5.74, 6) is 0.640. The van der Waals surface area contributed by atoms with Crippen LogP contribution in [0.25, 0.3) is 11.4 Å². The van der Waals surface area contributed by atoms with Crippen molar-refractivity contribution in [3.05, 3.63) is 64.8 Å². The number of anilines is 1. The summed E-state index contributed by atoms with van der Waals surface area (Å²) in [5, 5.41) is 6.83. The lowest BCUT2D eigenvalue weighted by atomic mass is 9.85. The van der Waals surface area contributed by atoms with E-state index in [0.29, 0.717) is 34.4 Å².